The SMILES string of the molecule is Cn1cccc1[C@@H]1CCC[NH+]1CC(=O)Nc1ccnn1C1CCCC1. The molecular formula is C19H28N5O+. The molecule has 2 aromatic rings. The molecule has 2 fully saturated rings. The highest BCUT2D eigenvalue weighted by atomic mass is 16.2. The van der Waals surface area contributed by atoms with Gasteiger partial charge >= 0.3 is 0 Å². The third-order valence-electron chi connectivity index (χ3n) is 5.82. The molecule has 25 heavy (non-hydrogen) atoms. The molecule has 134 valence electrons. The maximum Gasteiger partial charge on any atom is 0.280 e. The highest BCUT2D eigenvalue weighted by Gasteiger charge is 2.33. The standard InChI is InChI=1S/C19H27N5O/c1-22-12-4-8-16(22)17-9-5-13-23(17)14-19(25)21-18-10-11-20-24(18)15-6-2-3-7-15/h4,8,10-12,15,17H,2-3,5-7,9,13-14H2,1H3,(H,21,25)/p+1/t17-/m0/s1. The van der Waals surface area contributed by atoms with Gasteiger partial charge in [-0.25, -0.2) is 4.68 Å². The summed E-state index contributed by atoms with van der Waals surface area (Å²) >= 11 is 0. The van der Waals surface area contributed by atoms with Crippen molar-refractivity contribution in [2.45, 2.75) is 50.6 Å². The molecule has 4 rings (SSSR count). The summed E-state index contributed by atoms with van der Waals surface area (Å²) in [6.07, 6.45) is 11.1. The number of anilines is 1. The molecule has 0 bridgehead atoms. The predicted molar refractivity (Wildman–Crippen MR) is 96.4 cm³/mol. The number of aryl methyl sites for hydroxylation is 1. The number of nitrogens with one attached hydrogen (secondary N) is 2. The second kappa shape index (κ2) is 7.04. The van der Waals surface area contributed by atoms with Crippen LogP contribution in [-0.2, 0) is 11.8 Å². The van der Waals surface area contributed by atoms with E-state index in [1.54, 1.807) is 6.20 Å². The molecule has 2 N–H and O–H groups in total. The molecule has 0 aromatic carbocycles. The van der Waals surface area contributed by atoms with Gasteiger partial charge in [-0.05, 0) is 25.0 Å². The average Bonchev–Trinajstić information content (AvgIpc) is 3.33. The molecule has 2 aliphatic rings. The van der Waals surface area contributed by atoms with Crippen molar-refractivity contribution in [3.63, 3.8) is 0 Å². The first-order valence-electron chi connectivity index (χ1n) is 9.51. The largest absolute Gasteiger partial charge is 0.350 e. The van der Waals surface area contributed by atoms with Crippen molar-refractivity contribution in [3.8, 4) is 0 Å². The molecule has 1 saturated carbocycles. The molecule has 6 heteroatoms. The Balaban J connectivity index is 1.41. The monoisotopic (exact) mass is 342 g/mol. The van der Waals surface area contributed by atoms with Crippen molar-refractivity contribution in [2.24, 2.45) is 7.05 Å². The Morgan fingerprint density at radius 3 is 2.88 bits per heavy atom. The lowest BCUT2D eigenvalue weighted by Crippen LogP contribution is -3.11. The summed E-state index contributed by atoms with van der Waals surface area (Å²) in [7, 11) is 2.09. The number of carbonyl (C=O) groups is 1. The van der Waals surface area contributed by atoms with Crippen LogP contribution in [0.2, 0.25) is 0 Å². The quantitative estimate of drug-likeness (QED) is 0.869. The Morgan fingerprint density at radius 2 is 2.12 bits per heavy atom. The number of hydrogen-bond acceptors (Lipinski definition) is 2. The summed E-state index contributed by atoms with van der Waals surface area (Å²) in [6, 6.07) is 7.06. The fraction of sp³-hybridized carbons (Fsp3) is 0.579. The zero-order chi connectivity index (χ0) is 17.2. The zero-order valence-corrected chi connectivity index (χ0v) is 14.9. The molecule has 1 amide bonds. The van der Waals surface area contributed by atoms with Crippen LogP contribution < -0.4 is 10.2 Å². The van der Waals surface area contributed by atoms with Crippen LogP contribution >= 0.6 is 0 Å². The number of likely N-dealkylation sites (tertiary alicyclic amines) is 1. The van der Waals surface area contributed by atoms with Crippen molar-refractivity contribution in [1.82, 2.24) is 14.3 Å². The minimum atomic E-state index is 0.0934. The number of quaternary nitrogens is 1. The van der Waals surface area contributed by atoms with Crippen molar-refractivity contribution >= 4 is 11.7 Å². The van der Waals surface area contributed by atoms with E-state index in [1.165, 1.54) is 29.9 Å². The fourth-order valence-corrected chi connectivity index (χ4v) is 4.56. The summed E-state index contributed by atoms with van der Waals surface area (Å²) in [4.78, 5) is 14.0. The Labute approximate surface area is 148 Å². The first-order valence-corrected chi connectivity index (χ1v) is 9.51. The molecule has 2 aromatic heterocycles. The van der Waals surface area contributed by atoms with E-state index < -0.39 is 0 Å². The van der Waals surface area contributed by atoms with E-state index >= 15 is 0 Å². The van der Waals surface area contributed by atoms with Crippen molar-refractivity contribution < 1.29 is 9.69 Å². The minimum absolute atomic E-state index is 0.0934. The molecule has 1 aliphatic heterocycles. The average molecular weight is 342 g/mol. The molecule has 0 radical (unpaired) electrons. The summed E-state index contributed by atoms with van der Waals surface area (Å²) in [5.41, 5.74) is 1.33. The van der Waals surface area contributed by atoms with Crippen LogP contribution in [-0.4, -0.2) is 33.3 Å². The van der Waals surface area contributed by atoms with Crippen LogP contribution in [0.15, 0.2) is 30.6 Å². The molecule has 1 unspecified atom stereocenters. The van der Waals surface area contributed by atoms with Gasteiger partial charge in [0.1, 0.15) is 11.9 Å². The third-order valence-corrected chi connectivity index (χ3v) is 5.82. The Hall–Kier alpha value is -2.08. The van der Waals surface area contributed by atoms with Gasteiger partial charge in [-0.3, -0.25) is 4.79 Å². The first kappa shape index (κ1) is 16.4. The Bertz CT molecular complexity index is 728. The van der Waals surface area contributed by atoms with E-state index in [1.807, 2.05) is 10.7 Å². The van der Waals surface area contributed by atoms with Crippen LogP contribution in [0, 0.1) is 0 Å². The normalized spacial score (nSPS) is 24.0. The molecule has 1 saturated heterocycles. The second-order valence-corrected chi connectivity index (χ2v) is 7.47. The molecule has 0 spiro atoms. The van der Waals surface area contributed by atoms with E-state index in [4.69, 9.17) is 0 Å². The molecule has 1 aliphatic carbocycles. The van der Waals surface area contributed by atoms with E-state index in [2.05, 4.69) is 40.4 Å². The van der Waals surface area contributed by atoms with Gasteiger partial charge in [0.15, 0.2) is 6.54 Å². The zero-order valence-electron chi connectivity index (χ0n) is 14.9. The topological polar surface area (TPSA) is 56.3 Å². The number of carbonyl (C=O) groups excluding carboxylic acids is 1. The van der Waals surface area contributed by atoms with Gasteiger partial charge in [-0.15, -0.1) is 0 Å². The first-order chi connectivity index (χ1) is 12.2. The fourth-order valence-electron chi connectivity index (χ4n) is 4.56. The lowest BCUT2D eigenvalue weighted by Gasteiger charge is -2.22. The van der Waals surface area contributed by atoms with Crippen LogP contribution in [0.4, 0.5) is 5.82 Å². The van der Waals surface area contributed by atoms with Crippen LogP contribution in [0.1, 0.15) is 56.3 Å². The van der Waals surface area contributed by atoms with Gasteiger partial charge in [0.25, 0.3) is 5.91 Å². The van der Waals surface area contributed by atoms with Gasteiger partial charge in [0, 0.05) is 32.2 Å². The highest BCUT2D eigenvalue weighted by molar-refractivity contribution is 5.90. The lowest BCUT2D eigenvalue weighted by molar-refractivity contribution is -0.910. The molecular weight excluding hydrogens is 314 g/mol. The summed E-state index contributed by atoms with van der Waals surface area (Å²) < 4.78 is 4.20. The van der Waals surface area contributed by atoms with Crippen molar-refractivity contribution in [3.05, 3.63) is 36.3 Å². The number of hydrogen-bond donors (Lipinski definition) is 2. The lowest BCUT2D eigenvalue weighted by atomic mass is 10.1. The van der Waals surface area contributed by atoms with Gasteiger partial charge in [0.05, 0.1) is 24.5 Å². The Morgan fingerprint density at radius 1 is 1.28 bits per heavy atom. The highest BCUT2D eigenvalue weighted by Crippen LogP contribution is 2.31. The smallest absolute Gasteiger partial charge is 0.280 e. The number of nitrogens with zero attached hydrogens (tertiary/aromatic N) is 3. The molecule has 2 atom stereocenters. The minimum Gasteiger partial charge on any atom is -0.350 e. The van der Waals surface area contributed by atoms with Gasteiger partial charge in [0.2, 0.25) is 0 Å². The van der Waals surface area contributed by atoms with E-state index in [0.717, 1.165) is 31.6 Å². The van der Waals surface area contributed by atoms with Gasteiger partial charge < -0.3 is 14.8 Å². The van der Waals surface area contributed by atoms with Crippen LogP contribution in [0.25, 0.3) is 0 Å². The number of aromatic nitrogens is 3. The van der Waals surface area contributed by atoms with Crippen molar-refractivity contribution in [2.75, 3.05) is 18.4 Å². The van der Waals surface area contributed by atoms with Gasteiger partial charge in [-0.1, -0.05) is 12.8 Å². The summed E-state index contributed by atoms with van der Waals surface area (Å²) in [5.74, 6) is 0.946. The van der Waals surface area contributed by atoms with E-state index in [9.17, 15) is 4.79 Å². The maximum atomic E-state index is 12.7. The summed E-state index contributed by atoms with van der Waals surface area (Å²) in [5, 5.41) is 7.55. The Kier molecular flexibility index (Phi) is 4.61. The number of rotatable bonds is 5. The van der Waals surface area contributed by atoms with Crippen LogP contribution in [0.5, 0.6) is 0 Å². The van der Waals surface area contributed by atoms with Crippen molar-refractivity contribution in [1.29, 1.82) is 0 Å². The predicted octanol–water partition coefficient (Wildman–Crippen LogP) is 1.70. The van der Waals surface area contributed by atoms with E-state index in [0.29, 0.717) is 18.6 Å². The van der Waals surface area contributed by atoms with Gasteiger partial charge in [-0.2, -0.15) is 5.10 Å². The third kappa shape index (κ3) is 3.35. The number of amides is 1. The van der Waals surface area contributed by atoms with E-state index in [-0.39, 0.29) is 5.91 Å². The maximum absolute atomic E-state index is 12.7. The molecule has 3 heterocycles. The summed E-state index contributed by atoms with van der Waals surface area (Å²) in [6.45, 7) is 1.58. The molecule has 6 nitrogen and oxygen atoms in total. The second-order valence-electron chi connectivity index (χ2n) is 7.47. The van der Waals surface area contributed by atoms with Crippen LogP contribution in [0.3, 0.4) is 0 Å².